The molecule has 1 unspecified atom stereocenters. The summed E-state index contributed by atoms with van der Waals surface area (Å²) >= 11 is 0. The van der Waals surface area contributed by atoms with Gasteiger partial charge >= 0.3 is 0 Å². The zero-order valence-electron chi connectivity index (χ0n) is 11.5. The molecule has 1 heterocycles. The molecule has 1 aromatic rings. The fraction of sp³-hybridized carbons (Fsp3) is 0.462. The van der Waals surface area contributed by atoms with E-state index in [1.165, 1.54) is 0 Å². The maximum Gasteiger partial charge on any atom is 0.229 e. The molecule has 1 fully saturated rings. The average Bonchev–Trinajstić information content (AvgIpc) is 2.27. The second-order valence-electron chi connectivity index (χ2n) is 5.15. The molecule has 0 aromatic heterocycles. The lowest BCUT2D eigenvalue weighted by Gasteiger charge is -2.31. The number of amides is 1. The first-order valence-corrected chi connectivity index (χ1v) is 8.34. The largest absolute Gasteiger partial charge is 0.326 e. The number of rotatable bonds is 5. The predicted molar refractivity (Wildman–Crippen MR) is 79.1 cm³/mol. The highest BCUT2D eigenvalue weighted by molar-refractivity contribution is 7.92. The van der Waals surface area contributed by atoms with Crippen molar-refractivity contribution in [3.05, 3.63) is 24.3 Å². The molecule has 0 spiro atoms. The Kier molecular flexibility index (Phi) is 4.29. The van der Waals surface area contributed by atoms with Gasteiger partial charge in [-0.15, -0.1) is 0 Å². The number of hydrogen-bond acceptors (Lipinski definition) is 4. The molecule has 1 amide bonds. The van der Waals surface area contributed by atoms with Gasteiger partial charge in [0.25, 0.3) is 0 Å². The third kappa shape index (κ3) is 3.94. The van der Waals surface area contributed by atoms with Gasteiger partial charge in [-0.25, -0.2) is 8.42 Å². The highest BCUT2D eigenvalue weighted by atomic mass is 32.2. The molecule has 6 nitrogen and oxygen atoms in total. The van der Waals surface area contributed by atoms with Crippen LogP contribution in [0.2, 0.25) is 0 Å². The Balaban J connectivity index is 1.94. The zero-order valence-corrected chi connectivity index (χ0v) is 12.3. The van der Waals surface area contributed by atoms with Crippen molar-refractivity contribution < 1.29 is 13.2 Å². The van der Waals surface area contributed by atoms with Crippen LogP contribution < -0.4 is 15.4 Å². The highest BCUT2D eigenvalue weighted by Gasteiger charge is 2.28. The van der Waals surface area contributed by atoms with Crippen LogP contribution in [0.1, 0.15) is 6.92 Å². The predicted octanol–water partition coefficient (Wildman–Crippen LogP) is 0.852. The molecule has 0 bridgehead atoms. The number of benzene rings is 1. The Bertz CT molecular complexity index is 579. The molecule has 3 N–H and O–H groups in total. The number of sulfonamides is 1. The van der Waals surface area contributed by atoms with Crippen LogP contribution in [0.5, 0.6) is 0 Å². The first-order valence-electron chi connectivity index (χ1n) is 6.44. The van der Waals surface area contributed by atoms with Crippen molar-refractivity contribution in [2.45, 2.75) is 6.92 Å². The quantitative estimate of drug-likeness (QED) is 0.752. The van der Waals surface area contributed by atoms with Crippen LogP contribution in [0.15, 0.2) is 24.3 Å². The molecule has 1 atom stereocenters. The van der Waals surface area contributed by atoms with E-state index in [1.54, 1.807) is 24.3 Å². The summed E-state index contributed by atoms with van der Waals surface area (Å²) in [6, 6.07) is 6.59. The normalized spacial score (nSPS) is 17.1. The lowest BCUT2D eigenvalue weighted by molar-refractivity contribution is -0.121. The topological polar surface area (TPSA) is 87.3 Å². The minimum Gasteiger partial charge on any atom is -0.326 e. The first-order chi connectivity index (χ1) is 9.35. The minimum absolute atomic E-state index is 0.0136. The number of carbonyl (C=O) groups is 1. The maximum atomic E-state index is 12.0. The molecule has 0 saturated carbocycles. The van der Waals surface area contributed by atoms with Crippen LogP contribution >= 0.6 is 0 Å². The number of anilines is 2. The van der Waals surface area contributed by atoms with Gasteiger partial charge in [-0.1, -0.05) is 6.92 Å². The molecule has 0 radical (unpaired) electrons. The van der Waals surface area contributed by atoms with Crippen molar-refractivity contribution in [1.82, 2.24) is 5.32 Å². The number of hydrogen-bond donors (Lipinski definition) is 3. The van der Waals surface area contributed by atoms with Crippen molar-refractivity contribution in [3.63, 3.8) is 0 Å². The molecular formula is C13H19N3O3S. The molecule has 20 heavy (non-hydrogen) atoms. The van der Waals surface area contributed by atoms with Gasteiger partial charge in [-0.2, -0.15) is 0 Å². The van der Waals surface area contributed by atoms with E-state index in [-0.39, 0.29) is 11.8 Å². The summed E-state index contributed by atoms with van der Waals surface area (Å²) in [5.41, 5.74) is 1.13. The van der Waals surface area contributed by atoms with Crippen LogP contribution in [0.25, 0.3) is 0 Å². The molecule has 7 heteroatoms. The van der Waals surface area contributed by atoms with E-state index in [0.29, 0.717) is 17.3 Å². The van der Waals surface area contributed by atoms with Crippen LogP contribution in [0.4, 0.5) is 11.4 Å². The molecule has 110 valence electrons. The van der Waals surface area contributed by atoms with E-state index in [0.717, 1.165) is 19.3 Å². The van der Waals surface area contributed by atoms with Gasteiger partial charge in [-0.05, 0) is 43.3 Å². The third-order valence-electron chi connectivity index (χ3n) is 3.39. The molecule has 2 rings (SSSR count). The molecule has 0 aliphatic carbocycles. The van der Waals surface area contributed by atoms with Gasteiger partial charge in [0.15, 0.2) is 0 Å². The van der Waals surface area contributed by atoms with Crippen LogP contribution in [-0.2, 0) is 14.8 Å². The van der Waals surface area contributed by atoms with Crippen LogP contribution in [-0.4, -0.2) is 33.7 Å². The van der Waals surface area contributed by atoms with Crippen molar-refractivity contribution >= 4 is 27.3 Å². The molecule has 1 aromatic carbocycles. The second kappa shape index (κ2) is 5.80. The fourth-order valence-corrected chi connectivity index (χ4v) is 2.53. The van der Waals surface area contributed by atoms with E-state index in [1.807, 2.05) is 6.92 Å². The summed E-state index contributed by atoms with van der Waals surface area (Å²) < 4.78 is 24.5. The van der Waals surface area contributed by atoms with Crippen LogP contribution in [0.3, 0.4) is 0 Å². The zero-order chi connectivity index (χ0) is 14.8. The van der Waals surface area contributed by atoms with Gasteiger partial charge in [0, 0.05) is 17.3 Å². The second-order valence-corrected chi connectivity index (χ2v) is 6.90. The third-order valence-corrected chi connectivity index (χ3v) is 4.00. The summed E-state index contributed by atoms with van der Waals surface area (Å²) in [4.78, 5) is 12.0. The number of nitrogens with one attached hydrogen (secondary N) is 3. The smallest absolute Gasteiger partial charge is 0.229 e. The summed E-state index contributed by atoms with van der Waals surface area (Å²) in [6.45, 7) is 3.68. The fourth-order valence-electron chi connectivity index (χ4n) is 1.97. The summed E-state index contributed by atoms with van der Waals surface area (Å²) in [5, 5.41) is 5.98. The van der Waals surface area contributed by atoms with Crippen molar-refractivity contribution in [1.29, 1.82) is 0 Å². The van der Waals surface area contributed by atoms with Gasteiger partial charge in [0.1, 0.15) is 0 Å². The number of carbonyl (C=O) groups excluding carboxylic acids is 1. The molecule has 1 saturated heterocycles. The van der Waals surface area contributed by atoms with E-state index in [9.17, 15) is 13.2 Å². The van der Waals surface area contributed by atoms with E-state index in [2.05, 4.69) is 15.4 Å². The SMILES string of the molecule is CC(C(=O)Nc1ccc(NS(C)(=O)=O)cc1)C1CNC1. The standard InChI is InChI=1S/C13H19N3O3S/c1-9(10-7-14-8-10)13(17)15-11-3-5-12(6-4-11)16-20(2,18)19/h3-6,9-10,14,16H,7-8H2,1-2H3,(H,15,17). The Morgan fingerprint density at radius 3 is 2.25 bits per heavy atom. The Labute approximate surface area is 119 Å². The Hall–Kier alpha value is -1.60. The molecular weight excluding hydrogens is 278 g/mol. The summed E-state index contributed by atoms with van der Waals surface area (Å²) in [7, 11) is -3.28. The first kappa shape index (κ1) is 14.8. The highest BCUT2D eigenvalue weighted by Crippen LogP contribution is 2.19. The Morgan fingerprint density at radius 2 is 1.80 bits per heavy atom. The molecule has 1 aliphatic heterocycles. The van der Waals surface area contributed by atoms with E-state index >= 15 is 0 Å². The summed E-state index contributed by atoms with van der Waals surface area (Å²) in [6.07, 6.45) is 1.09. The van der Waals surface area contributed by atoms with E-state index in [4.69, 9.17) is 0 Å². The van der Waals surface area contributed by atoms with Gasteiger partial charge in [0.2, 0.25) is 15.9 Å². The van der Waals surface area contributed by atoms with E-state index < -0.39 is 10.0 Å². The molecule has 1 aliphatic rings. The maximum absolute atomic E-state index is 12.0. The van der Waals surface area contributed by atoms with Gasteiger partial charge in [0.05, 0.1) is 6.26 Å². The minimum atomic E-state index is -3.28. The van der Waals surface area contributed by atoms with Gasteiger partial charge < -0.3 is 10.6 Å². The van der Waals surface area contributed by atoms with Crippen molar-refractivity contribution in [2.24, 2.45) is 11.8 Å². The monoisotopic (exact) mass is 297 g/mol. The Morgan fingerprint density at radius 1 is 1.25 bits per heavy atom. The summed E-state index contributed by atoms with van der Waals surface area (Å²) in [5.74, 6) is 0.339. The average molecular weight is 297 g/mol. The van der Waals surface area contributed by atoms with Gasteiger partial charge in [-0.3, -0.25) is 9.52 Å². The lowest BCUT2D eigenvalue weighted by atomic mass is 9.88. The lowest BCUT2D eigenvalue weighted by Crippen LogP contribution is -2.48. The van der Waals surface area contributed by atoms with Crippen LogP contribution in [0, 0.1) is 11.8 Å². The van der Waals surface area contributed by atoms with Crippen molar-refractivity contribution in [2.75, 3.05) is 29.4 Å². The van der Waals surface area contributed by atoms with Crippen molar-refractivity contribution in [3.8, 4) is 0 Å².